The first kappa shape index (κ1) is 9.03. The number of aromatic nitrogens is 3. The Morgan fingerprint density at radius 3 is 2.92 bits per heavy atom. The number of nitrogens with zero attached hydrogens (tertiary/aromatic N) is 3. The van der Waals surface area contributed by atoms with E-state index in [2.05, 4.69) is 29.5 Å². The molecule has 4 nitrogen and oxygen atoms in total. The molecule has 68 valence electrons. The molecule has 0 saturated heterocycles. The van der Waals surface area contributed by atoms with Crippen molar-refractivity contribution in [3.63, 3.8) is 0 Å². The van der Waals surface area contributed by atoms with Crippen molar-refractivity contribution < 1.29 is 0 Å². The fraction of sp³-hybridized carbons (Fsp3) is 0.750. The normalized spacial score (nSPS) is 12.9. The van der Waals surface area contributed by atoms with Crippen molar-refractivity contribution in [3.05, 3.63) is 6.20 Å². The van der Waals surface area contributed by atoms with Gasteiger partial charge in [0.25, 0.3) is 0 Å². The lowest BCUT2D eigenvalue weighted by molar-refractivity contribution is 0.664. The Hall–Kier alpha value is -1.06. The lowest BCUT2D eigenvalue weighted by atomic mass is 10.2. The molecule has 1 heterocycles. The van der Waals surface area contributed by atoms with E-state index in [9.17, 15) is 0 Å². The van der Waals surface area contributed by atoms with E-state index >= 15 is 0 Å². The average molecular weight is 168 g/mol. The molecule has 0 amide bonds. The highest BCUT2D eigenvalue weighted by atomic mass is 15.4. The van der Waals surface area contributed by atoms with Crippen LogP contribution in [0, 0.1) is 0 Å². The maximum atomic E-state index is 3.83. The molecule has 0 bridgehead atoms. The van der Waals surface area contributed by atoms with Gasteiger partial charge in [-0.25, -0.2) is 4.68 Å². The van der Waals surface area contributed by atoms with Crippen molar-refractivity contribution in [3.8, 4) is 0 Å². The molecule has 1 atom stereocenters. The third kappa shape index (κ3) is 2.22. The minimum absolute atomic E-state index is 0.493. The summed E-state index contributed by atoms with van der Waals surface area (Å²) in [6, 6.07) is 0.493. The van der Waals surface area contributed by atoms with E-state index in [1.165, 1.54) is 12.8 Å². The first-order valence-corrected chi connectivity index (χ1v) is 4.35. The molecule has 0 spiro atoms. The van der Waals surface area contributed by atoms with E-state index < -0.39 is 0 Å². The topological polar surface area (TPSA) is 42.7 Å². The highest BCUT2D eigenvalue weighted by Crippen LogP contribution is 2.06. The number of anilines is 1. The molecule has 0 saturated carbocycles. The summed E-state index contributed by atoms with van der Waals surface area (Å²) in [5, 5.41) is 10.9. The summed E-state index contributed by atoms with van der Waals surface area (Å²) in [6.07, 6.45) is 4.11. The van der Waals surface area contributed by atoms with Gasteiger partial charge in [0.05, 0.1) is 6.20 Å². The standard InChI is InChI=1S/C8H16N4/c1-4-5-7(2)10-8-6-9-11-12(8)3/h6-7,10H,4-5H2,1-3H3. The van der Waals surface area contributed by atoms with Crippen molar-refractivity contribution >= 4 is 5.82 Å². The minimum atomic E-state index is 0.493. The number of hydrogen-bond donors (Lipinski definition) is 1. The highest BCUT2D eigenvalue weighted by molar-refractivity contribution is 5.31. The Labute approximate surface area is 73.0 Å². The summed E-state index contributed by atoms with van der Waals surface area (Å²) in [4.78, 5) is 0. The molecule has 1 aromatic rings. The largest absolute Gasteiger partial charge is 0.367 e. The number of nitrogens with one attached hydrogen (secondary N) is 1. The van der Waals surface area contributed by atoms with Gasteiger partial charge in [0.2, 0.25) is 0 Å². The molecule has 0 aliphatic heterocycles. The van der Waals surface area contributed by atoms with Crippen LogP contribution in [0.1, 0.15) is 26.7 Å². The molecule has 0 radical (unpaired) electrons. The van der Waals surface area contributed by atoms with Crippen LogP contribution in [-0.4, -0.2) is 21.0 Å². The van der Waals surface area contributed by atoms with Crippen molar-refractivity contribution in [1.29, 1.82) is 0 Å². The van der Waals surface area contributed by atoms with Gasteiger partial charge in [0, 0.05) is 13.1 Å². The van der Waals surface area contributed by atoms with Gasteiger partial charge in [-0.15, -0.1) is 5.10 Å². The van der Waals surface area contributed by atoms with E-state index in [0.717, 1.165) is 5.82 Å². The Morgan fingerprint density at radius 2 is 2.42 bits per heavy atom. The van der Waals surface area contributed by atoms with Crippen molar-refractivity contribution in [1.82, 2.24) is 15.0 Å². The lowest BCUT2D eigenvalue weighted by Crippen LogP contribution is -2.16. The second kappa shape index (κ2) is 4.09. The molecule has 1 rings (SSSR count). The fourth-order valence-corrected chi connectivity index (χ4v) is 1.18. The minimum Gasteiger partial charge on any atom is -0.367 e. The van der Waals surface area contributed by atoms with E-state index in [4.69, 9.17) is 0 Å². The molecule has 1 aromatic heterocycles. The zero-order valence-corrected chi connectivity index (χ0v) is 7.91. The summed E-state index contributed by atoms with van der Waals surface area (Å²) >= 11 is 0. The van der Waals surface area contributed by atoms with Crippen LogP contribution in [0.3, 0.4) is 0 Å². The Balaban J connectivity index is 2.46. The van der Waals surface area contributed by atoms with E-state index in [-0.39, 0.29) is 0 Å². The second-order valence-corrected chi connectivity index (χ2v) is 3.08. The second-order valence-electron chi connectivity index (χ2n) is 3.08. The first-order valence-electron chi connectivity index (χ1n) is 4.35. The summed E-state index contributed by atoms with van der Waals surface area (Å²) in [5.41, 5.74) is 0. The van der Waals surface area contributed by atoms with Crippen LogP contribution in [0.2, 0.25) is 0 Å². The molecular weight excluding hydrogens is 152 g/mol. The average Bonchev–Trinajstić information content (AvgIpc) is 2.37. The van der Waals surface area contributed by atoms with Crippen molar-refractivity contribution in [2.45, 2.75) is 32.7 Å². The van der Waals surface area contributed by atoms with Crippen LogP contribution in [0.4, 0.5) is 5.82 Å². The summed E-state index contributed by atoms with van der Waals surface area (Å²) in [7, 11) is 1.88. The molecule has 1 unspecified atom stereocenters. The van der Waals surface area contributed by atoms with Crippen LogP contribution >= 0.6 is 0 Å². The third-order valence-corrected chi connectivity index (χ3v) is 1.83. The maximum absolute atomic E-state index is 3.83. The molecule has 0 aromatic carbocycles. The predicted octanol–water partition coefficient (Wildman–Crippen LogP) is 1.42. The quantitative estimate of drug-likeness (QED) is 0.739. The monoisotopic (exact) mass is 168 g/mol. The fourth-order valence-electron chi connectivity index (χ4n) is 1.18. The van der Waals surface area contributed by atoms with Crippen LogP contribution in [0.15, 0.2) is 6.20 Å². The van der Waals surface area contributed by atoms with Crippen molar-refractivity contribution in [2.24, 2.45) is 7.05 Å². The molecular formula is C8H16N4. The molecule has 0 fully saturated rings. The first-order chi connectivity index (χ1) is 5.74. The summed E-state index contributed by atoms with van der Waals surface area (Å²) < 4.78 is 1.74. The SMILES string of the molecule is CCCC(C)Nc1cnnn1C. The summed E-state index contributed by atoms with van der Waals surface area (Å²) in [6.45, 7) is 4.34. The molecule has 0 aliphatic rings. The van der Waals surface area contributed by atoms with Crippen LogP contribution in [0.5, 0.6) is 0 Å². The number of hydrogen-bond acceptors (Lipinski definition) is 3. The number of rotatable bonds is 4. The van der Waals surface area contributed by atoms with Gasteiger partial charge in [-0.1, -0.05) is 18.6 Å². The Bertz CT molecular complexity index is 231. The predicted molar refractivity (Wildman–Crippen MR) is 49.0 cm³/mol. The van der Waals surface area contributed by atoms with Crippen LogP contribution in [-0.2, 0) is 7.05 Å². The molecule has 0 aliphatic carbocycles. The number of aryl methyl sites for hydroxylation is 1. The molecule has 4 heteroatoms. The van der Waals surface area contributed by atoms with Gasteiger partial charge in [-0.2, -0.15) is 0 Å². The van der Waals surface area contributed by atoms with Gasteiger partial charge in [0.1, 0.15) is 5.82 Å². The highest BCUT2D eigenvalue weighted by Gasteiger charge is 2.03. The van der Waals surface area contributed by atoms with E-state index in [1.807, 2.05) is 7.05 Å². The summed E-state index contributed by atoms with van der Waals surface area (Å²) in [5.74, 6) is 0.982. The van der Waals surface area contributed by atoms with Crippen molar-refractivity contribution in [2.75, 3.05) is 5.32 Å². The van der Waals surface area contributed by atoms with Crippen LogP contribution in [0.25, 0.3) is 0 Å². The Morgan fingerprint density at radius 1 is 1.67 bits per heavy atom. The maximum Gasteiger partial charge on any atom is 0.144 e. The smallest absolute Gasteiger partial charge is 0.144 e. The zero-order valence-electron chi connectivity index (χ0n) is 7.91. The lowest BCUT2D eigenvalue weighted by Gasteiger charge is -2.12. The van der Waals surface area contributed by atoms with Gasteiger partial charge in [-0.05, 0) is 13.3 Å². The Kier molecular flexibility index (Phi) is 3.08. The zero-order chi connectivity index (χ0) is 8.97. The van der Waals surface area contributed by atoms with E-state index in [1.54, 1.807) is 10.9 Å². The van der Waals surface area contributed by atoms with Gasteiger partial charge < -0.3 is 5.32 Å². The molecule has 1 N–H and O–H groups in total. The van der Waals surface area contributed by atoms with Gasteiger partial charge >= 0.3 is 0 Å². The third-order valence-electron chi connectivity index (χ3n) is 1.83. The van der Waals surface area contributed by atoms with Gasteiger partial charge in [0.15, 0.2) is 0 Å². The van der Waals surface area contributed by atoms with E-state index in [0.29, 0.717) is 6.04 Å². The van der Waals surface area contributed by atoms with Gasteiger partial charge in [-0.3, -0.25) is 0 Å². The molecule has 12 heavy (non-hydrogen) atoms. The van der Waals surface area contributed by atoms with Crippen LogP contribution < -0.4 is 5.32 Å².